The highest BCUT2D eigenvalue weighted by molar-refractivity contribution is 5.41. The lowest BCUT2D eigenvalue weighted by Gasteiger charge is -2.36. The average Bonchev–Trinajstić information content (AvgIpc) is 3.02. The molecule has 3 heterocycles. The fourth-order valence-corrected chi connectivity index (χ4v) is 3.36. The summed E-state index contributed by atoms with van der Waals surface area (Å²) in [5.74, 6) is 1.03. The minimum Gasteiger partial charge on any atom is -0.396 e. The summed E-state index contributed by atoms with van der Waals surface area (Å²) in [7, 11) is 1.93. The van der Waals surface area contributed by atoms with Crippen molar-refractivity contribution in [2.45, 2.75) is 44.8 Å². The van der Waals surface area contributed by atoms with Crippen LogP contribution in [0.1, 0.15) is 36.8 Å². The highest BCUT2D eigenvalue weighted by Gasteiger charge is 2.22. The van der Waals surface area contributed by atoms with Crippen molar-refractivity contribution in [2.24, 2.45) is 7.05 Å². The van der Waals surface area contributed by atoms with Crippen molar-refractivity contribution in [3.8, 4) is 0 Å². The summed E-state index contributed by atoms with van der Waals surface area (Å²) in [6.45, 7) is 2.89. The third-order valence-corrected chi connectivity index (χ3v) is 4.61. The van der Waals surface area contributed by atoms with E-state index in [0.717, 1.165) is 38.3 Å². The largest absolute Gasteiger partial charge is 0.396 e. The van der Waals surface area contributed by atoms with Gasteiger partial charge in [-0.25, -0.2) is 4.98 Å². The van der Waals surface area contributed by atoms with Gasteiger partial charge in [0.05, 0.1) is 6.20 Å². The molecule has 1 aliphatic rings. The fraction of sp³-hybridized carbons (Fsp3) is 0.556. The molecule has 0 bridgehead atoms. The molecule has 6 nitrogen and oxygen atoms in total. The summed E-state index contributed by atoms with van der Waals surface area (Å²) in [4.78, 5) is 7.01. The first kappa shape index (κ1) is 16.9. The van der Waals surface area contributed by atoms with Crippen LogP contribution >= 0.6 is 0 Å². The Hall–Kier alpha value is -1.92. The lowest BCUT2D eigenvalue weighted by Crippen LogP contribution is -2.40. The van der Waals surface area contributed by atoms with Gasteiger partial charge in [0, 0.05) is 57.3 Å². The number of hydrogen-bond acceptors (Lipinski definition) is 5. The smallest absolute Gasteiger partial charge is 0.128 e. The molecule has 0 saturated carbocycles. The molecule has 1 aliphatic heterocycles. The van der Waals surface area contributed by atoms with Crippen molar-refractivity contribution in [1.29, 1.82) is 0 Å². The van der Waals surface area contributed by atoms with Gasteiger partial charge in [0.1, 0.15) is 5.82 Å². The summed E-state index contributed by atoms with van der Waals surface area (Å²) in [6.07, 6.45) is 10.3. The number of anilines is 1. The molecule has 0 amide bonds. The van der Waals surface area contributed by atoms with E-state index in [1.165, 1.54) is 24.0 Å². The summed E-state index contributed by atoms with van der Waals surface area (Å²) in [5, 5.41) is 16.8. The molecule has 0 aromatic carbocycles. The summed E-state index contributed by atoms with van der Waals surface area (Å²) < 4.78 is 1.81. The Bertz CT molecular complexity index is 623. The van der Waals surface area contributed by atoms with Crippen LogP contribution in [0.15, 0.2) is 30.7 Å². The van der Waals surface area contributed by atoms with Gasteiger partial charge < -0.3 is 15.3 Å². The number of piperidine rings is 1. The molecule has 6 heteroatoms. The van der Waals surface area contributed by atoms with Crippen LogP contribution in [0.5, 0.6) is 0 Å². The van der Waals surface area contributed by atoms with Crippen molar-refractivity contribution in [1.82, 2.24) is 20.1 Å². The maximum absolute atomic E-state index is 9.26. The van der Waals surface area contributed by atoms with E-state index in [4.69, 9.17) is 0 Å². The normalized spacial score (nSPS) is 18.1. The van der Waals surface area contributed by atoms with Crippen molar-refractivity contribution >= 4 is 5.82 Å². The summed E-state index contributed by atoms with van der Waals surface area (Å²) in [6, 6.07) is 4.67. The number of pyridine rings is 1. The highest BCUT2D eigenvalue weighted by atomic mass is 16.3. The molecule has 0 unspecified atom stereocenters. The first-order chi connectivity index (χ1) is 11.8. The maximum Gasteiger partial charge on any atom is 0.128 e. The molecule has 2 aromatic rings. The molecule has 1 fully saturated rings. The standard InChI is InChI=1S/C18H27N5O/c1-22-14-16(13-21-22)11-19-10-15-5-6-18(20-12-15)23-8-3-2-4-17(23)7-9-24/h5-6,12-14,17,19,24H,2-4,7-11H2,1H3/t17-/m0/s1. The fourth-order valence-electron chi connectivity index (χ4n) is 3.36. The minimum atomic E-state index is 0.248. The molecule has 0 aliphatic carbocycles. The number of rotatable bonds is 7. The number of nitrogens with one attached hydrogen (secondary N) is 1. The zero-order chi connectivity index (χ0) is 16.8. The van der Waals surface area contributed by atoms with E-state index in [0.29, 0.717) is 6.04 Å². The second-order valence-electron chi connectivity index (χ2n) is 6.51. The van der Waals surface area contributed by atoms with Crippen LogP contribution < -0.4 is 10.2 Å². The maximum atomic E-state index is 9.26. The number of aliphatic hydroxyl groups excluding tert-OH is 1. The van der Waals surface area contributed by atoms with Crippen molar-refractivity contribution in [3.05, 3.63) is 41.9 Å². The first-order valence-electron chi connectivity index (χ1n) is 8.77. The van der Waals surface area contributed by atoms with Crippen LogP contribution in [-0.4, -0.2) is 39.1 Å². The van der Waals surface area contributed by atoms with Crippen LogP contribution in [0.2, 0.25) is 0 Å². The van der Waals surface area contributed by atoms with Gasteiger partial charge in [-0.3, -0.25) is 4.68 Å². The lowest BCUT2D eigenvalue weighted by atomic mass is 9.99. The second kappa shape index (κ2) is 8.26. The zero-order valence-corrected chi connectivity index (χ0v) is 14.4. The monoisotopic (exact) mass is 329 g/mol. The molecule has 2 aromatic heterocycles. The third-order valence-electron chi connectivity index (χ3n) is 4.61. The number of aryl methyl sites for hydroxylation is 1. The molecule has 24 heavy (non-hydrogen) atoms. The predicted octanol–water partition coefficient (Wildman–Crippen LogP) is 1.85. The van der Waals surface area contributed by atoms with Gasteiger partial charge in [0.25, 0.3) is 0 Å². The molecule has 0 radical (unpaired) electrons. The van der Waals surface area contributed by atoms with Gasteiger partial charge in [-0.2, -0.15) is 5.10 Å². The molecular formula is C18H27N5O. The van der Waals surface area contributed by atoms with Gasteiger partial charge in [-0.1, -0.05) is 6.07 Å². The Labute approximate surface area is 143 Å². The summed E-state index contributed by atoms with van der Waals surface area (Å²) in [5.41, 5.74) is 2.36. The van der Waals surface area contributed by atoms with Gasteiger partial charge in [0.15, 0.2) is 0 Å². The van der Waals surface area contributed by atoms with Gasteiger partial charge in [-0.05, 0) is 37.3 Å². The van der Waals surface area contributed by atoms with Crippen LogP contribution in [0.4, 0.5) is 5.82 Å². The van der Waals surface area contributed by atoms with E-state index >= 15 is 0 Å². The second-order valence-corrected chi connectivity index (χ2v) is 6.51. The predicted molar refractivity (Wildman–Crippen MR) is 94.7 cm³/mol. The SMILES string of the molecule is Cn1cc(CNCc2ccc(N3CCCC[C@H]3CCO)nc2)cn1. The van der Waals surface area contributed by atoms with Gasteiger partial charge >= 0.3 is 0 Å². The van der Waals surface area contributed by atoms with E-state index in [2.05, 4.69) is 32.4 Å². The zero-order valence-electron chi connectivity index (χ0n) is 14.4. The number of hydrogen-bond donors (Lipinski definition) is 2. The Morgan fingerprint density at radius 2 is 2.08 bits per heavy atom. The van der Waals surface area contributed by atoms with E-state index in [1.54, 1.807) is 0 Å². The average molecular weight is 329 g/mol. The van der Waals surface area contributed by atoms with Crippen LogP contribution in [0, 0.1) is 0 Å². The van der Waals surface area contributed by atoms with Crippen molar-refractivity contribution in [2.75, 3.05) is 18.1 Å². The molecule has 130 valence electrons. The van der Waals surface area contributed by atoms with E-state index in [1.807, 2.05) is 30.3 Å². The number of aliphatic hydroxyl groups is 1. The van der Waals surface area contributed by atoms with E-state index in [-0.39, 0.29) is 6.61 Å². The molecular weight excluding hydrogens is 302 g/mol. The summed E-state index contributed by atoms with van der Waals surface area (Å²) >= 11 is 0. The van der Waals surface area contributed by atoms with Crippen LogP contribution in [-0.2, 0) is 20.1 Å². The van der Waals surface area contributed by atoms with Crippen molar-refractivity contribution < 1.29 is 5.11 Å². The topological polar surface area (TPSA) is 66.2 Å². The quantitative estimate of drug-likeness (QED) is 0.811. The molecule has 0 spiro atoms. The van der Waals surface area contributed by atoms with E-state index in [9.17, 15) is 5.11 Å². The van der Waals surface area contributed by atoms with Gasteiger partial charge in [-0.15, -0.1) is 0 Å². The van der Waals surface area contributed by atoms with E-state index < -0.39 is 0 Å². The number of aromatic nitrogens is 3. The lowest BCUT2D eigenvalue weighted by molar-refractivity contribution is 0.262. The molecule has 3 rings (SSSR count). The van der Waals surface area contributed by atoms with Gasteiger partial charge in [0.2, 0.25) is 0 Å². The van der Waals surface area contributed by atoms with Crippen LogP contribution in [0.3, 0.4) is 0 Å². The Morgan fingerprint density at radius 1 is 1.21 bits per heavy atom. The number of nitrogens with zero attached hydrogens (tertiary/aromatic N) is 4. The highest BCUT2D eigenvalue weighted by Crippen LogP contribution is 2.24. The minimum absolute atomic E-state index is 0.248. The van der Waals surface area contributed by atoms with Crippen molar-refractivity contribution in [3.63, 3.8) is 0 Å². The van der Waals surface area contributed by atoms with Crippen LogP contribution in [0.25, 0.3) is 0 Å². The molecule has 1 atom stereocenters. The molecule has 1 saturated heterocycles. The Balaban J connectivity index is 1.54. The Morgan fingerprint density at radius 3 is 2.79 bits per heavy atom. The third kappa shape index (κ3) is 4.33. The molecule has 2 N–H and O–H groups in total. The first-order valence-corrected chi connectivity index (χ1v) is 8.77. The Kier molecular flexibility index (Phi) is 5.82.